The summed E-state index contributed by atoms with van der Waals surface area (Å²) in [5.41, 5.74) is 1.36. The molecule has 0 radical (unpaired) electrons. The molecule has 4 rings (SSSR count). The van der Waals surface area contributed by atoms with Crippen LogP contribution in [0, 0.1) is 0 Å². The van der Waals surface area contributed by atoms with E-state index in [2.05, 4.69) is 48.9 Å². The van der Waals surface area contributed by atoms with Crippen LogP contribution in [0.2, 0.25) is 0 Å². The van der Waals surface area contributed by atoms with Crippen LogP contribution in [-0.2, 0) is 6.54 Å². The van der Waals surface area contributed by atoms with Crippen LogP contribution in [0.1, 0.15) is 24.8 Å². The zero-order chi connectivity index (χ0) is 20.8. The Morgan fingerprint density at radius 2 is 1.70 bits per heavy atom. The summed E-state index contributed by atoms with van der Waals surface area (Å²) in [5.74, 6) is 2.34. The third kappa shape index (κ3) is 5.21. The third-order valence-corrected chi connectivity index (χ3v) is 6.28. The van der Waals surface area contributed by atoms with Crippen molar-refractivity contribution in [3.05, 3.63) is 42.1 Å². The molecule has 0 bridgehead atoms. The molecule has 0 spiro atoms. The van der Waals surface area contributed by atoms with Gasteiger partial charge in [-0.05, 0) is 50.0 Å². The number of rotatable bonds is 6. The second-order valence-electron chi connectivity index (χ2n) is 8.13. The van der Waals surface area contributed by atoms with E-state index in [1.807, 2.05) is 0 Å². The Labute approximate surface area is 179 Å². The maximum atomic E-state index is 5.26. The number of aromatic nitrogens is 2. The first kappa shape index (κ1) is 20.9. The van der Waals surface area contributed by atoms with Crippen molar-refractivity contribution >= 4 is 5.95 Å². The molecule has 2 aromatic rings. The van der Waals surface area contributed by atoms with Crippen molar-refractivity contribution in [3.8, 4) is 11.6 Å². The molecule has 2 aliphatic rings. The van der Waals surface area contributed by atoms with Gasteiger partial charge in [0, 0.05) is 51.0 Å². The Morgan fingerprint density at radius 3 is 2.43 bits per heavy atom. The highest BCUT2D eigenvalue weighted by atomic mass is 16.5. The predicted molar refractivity (Wildman–Crippen MR) is 118 cm³/mol. The quantitative estimate of drug-likeness (QED) is 0.724. The summed E-state index contributed by atoms with van der Waals surface area (Å²) in [6.45, 7) is 7.55. The van der Waals surface area contributed by atoms with Gasteiger partial charge in [-0.15, -0.1) is 0 Å². The van der Waals surface area contributed by atoms with Crippen LogP contribution in [0.3, 0.4) is 0 Å². The maximum Gasteiger partial charge on any atom is 0.228 e. The first-order valence-corrected chi connectivity index (χ1v) is 11.0. The van der Waals surface area contributed by atoms with E-state index in [0.29, 0.717) is 11.9 Å². The molecule has 162 valence electrons. The first-order chi connectivity index (χ1) is 14.7. The van der Waals surface area contributed by atoms with Gasteiger partial charge in [-0.1, -0.05) is 12.1 Å². The summed E-state index contributed by atoms with van der Waals surface area (Å²) < 4.78 is 10.5. The molecule has 0 atom stereocenters. The second-order valence-corrected chi connectivity index (χ2v) is 8.13. The summed E-state index contributed by atoms with van der Waals surface area (Å²) in [5, 5.41) is 0. The van der Waals surface area contributed by atoms with E-state index in [0.717, 1.165) is 63.9 Å². The monoisotopic (exact) mass is 411 g/mol. The lowest BCUT2D eigenvalue weighted by atomic mass is 10.0. The Balaban J connectivity index is 1.26. The molecule has 0 amide bonds. The average molecular weight is 412 g/mol. The van der Waals surface area contributed by atoms with Gasteiger partial charge in [-0.2, -0.15) is 4.98 Å². The summed E-state index contributed by atoms with van der Waals surface area (Å²) in [7, 11) is 3.36. The second kappa shape index (κ2) is 10.1. The Bertz CT molecular complexity index is 792. The molecule has 2 saturated heterocycles. The number of anilines is 1. The van der Waals surface area contributed by atoms with Crippen molar-refractivity contribution in [2.75, 3.05) is 58.4 Å². The topological polar surface area (TPSA) is 54.0 Å². The first-order valence-electron chi connectivity index (χ1n) is 11.0. The van der Waals surface area contributed by atoms with Crippen molar-refractivity contribution in [2.45, 2.75) is 31.8 Å². The smallest absolute Gasteiger partial charge is 0.228 e. The number of nitrogens with zero attached hydrogens (tertiary/aromatic N) is 5. The van der Waals surface area contributed by atoms with E-state index in [-0.39, 0.29) is 0 Å². The molecule has 1 aromatic heterocycles. The van der Waals surface area contributed by atoms with E-state index >= 15 is 0 Å². The average Bonchev–Trinajstić information content (AvgIpc) is 3.07. The molecule has 0 aliphatic carbocycles. The minimum atomic E-state index is 0.630. The van der Waals surface area contributed by atoms with Gasteiger partial charge < -0.3 is 14.4 Å². The summed E-state index contributed by atoms with van der Waals surface area (Å²) in [6, 6.07) is 10.9. The van der Waals surface area contributed by atoms with Gasteiger partial charge >= 0.3 is 0 Å². The van der Waals surface area contributed by atoms with E-state index in [4.69, 9.17) is 9.47 Å². The lowest BCUT2D eigenvalue weighted by Crippen LogP contribution is -2.46. The van der Waals surface area contributed by atoms with Gasteiger partial charge in [0.2, 0.25) is 11.8 Å². The maximum absolute atomic E-state index is 5.26. The molecule has 7 nitrogen and oxygen atoms in total. The molecular weight excluding hydrogens is 378 g/mol. The summed E-state index contributed by atoms with van der Waals surface area (Å²) >= 11 is 0. The van der Waals surface area contributed by atoms with Crippen molar-refractivity contribution in [1.29, 1.82) is 0 Å². The van der Waals surface area contributed by atoms with E-state index in [1.165, 1.54) is 18.4 Å². The van der Waals surface area contributed by atoms with Gasteiger partial charge in [0.1, 0.15) is 5.75 Å². The van der Waals surface area contributed by atoms with Gasteiger partial charge in [0.25, 0.3) is 0 Å². The summed E-state index contributed by atoms with van der Waals surface area (Å²) in [4.78, 5) is 16.5. The molecule has 7 heteroatoms. The molecule has 2 aliphatic heterocycles. The number of hydrogen-bond acceptors (Lipinski definition) is 7. The van der Waals surface area contributed by atoms with E-state index in [9.17, 15) is 0 Å². The number of benzene rings is 1. The van der Waals surface area contributed by atoms with Crippen LogP contribution in [0.15, 0.2) is 36.5 Å². The predicted octanol–water partition coefficient (Wildman–Crippen LogP) is 2.67. The van der Waals surface area contributed by atoms with Gasteiger partial charge in [0.15, 0.2) is 0 Å². The van der Waals surface area contributed by atoms with Crippen LogP contribution >= 0.6 is 0 Å². The Kier molecular flexibility index (Phi) is 7.02. The minimum absolute atomic E-state index is 0.630. The van der Waals surface area contributed by atoms with Crippen LogP contribution in [0.25, 0.3) is 0 Å². The van der Waals surface area contributed by atoms with Crippen LogP contribution in [-0.4, -0.2) is 79.3 Å². The third-order valence-electron chi connectivity index (χ3n) is 6.28. The van der Waals surface area contributed by atoms with Crippen molar-refractivity contribution in [2.24, 2.45) is 0 Å². The fourth-order valence-electron chi connectivity index (χ4n) is 4.53. The van der Waals surface area contributed by atoms with Crippen LogP contribution in [0.5, 0.6) is 11.6 Å². The lowest BCUT2D eigenvalue weighted by Gasteiger charge is -2.38. The molecule has 0 saturated carbocycles. The molecule has 1 aromatic carbocycles. The fraction of sp³-hybridized carbons (Fsp3) is 0.565. The lowest BCUT2D eigenvalue weighted by molar-refractivity contribution is 0.110. The van der Waals surface area contributed by atoms with E-state index < -0.39 is 0 Å². The molecule has 0 unspecified atom stereocenters. The Hall–Kier alpha value is -2.38. The normalized spacial score (nSPS) is 19.5. The van der Waals surface area contributed by atoms with Gasteiger partial charge in [-0.3, -0.25) is 9.80 Å². The highest BCUT2D eigenvalue weighted by Gasteiger charge is 2.27. The minimum Gasteiger partial charge on any atom is -0.497 e. The van der Waals surface area contributed by atoms with Crippen LogP contribution < -0.4 is 14.4 Å². The highest BCUT2D eigenvalue weighted by molar-refractivity contribution is 5.32. The van der Waals surface area contributed by atoms with Crippen molar-refractivity contribution in [1.82, 2.24) is 19.8 Å². The number of hydrogen-bond donors (Lipinski definition) is 0. The number of methoxy groups -OCH3 is 2. The zero-order valence-electron chi connectivity index (χ0n) is 18.2. The highest BCUT2D eigenvalue weighted by Crippen LogP contribution is 2.22. The van der Waals surface area contributed by atoms with Crippen LogP contribution in [0.4, 0.5) is 5.95 Å². The van der Waals surface area contributed by atoms with Crippen molar-refractivity contribution in [3.63, 3.8) is 0 Å². The molecule has 0 N–H and O–H groups in total. The zero-order valence-corrected chi connectivity index (χ0v) is 18.2. The number of ether oxygens (including phenoxy) is 2. The number of likely N-dealkylation sites (tertiary alicyclic amines) is 1. The molecule has 30 heavy (non-hydrogen) atoms. The van der Waals surface area contributed by atoms with Gasteiger partial charge in [-0.25, -0.2) is 4.98 Å². The molecule has 3 heterocycles. The molecule has 2 fully saturated rings. The summed E-state index contributed by atoms with van der Waals surface area (Å²) in [6.07, 6.45) is 5.41. The Morgan fingerprint density at radius 1 is 0.900 bits per heavy atom. The SMILES string of the molecule is COc1ccc(CN2CCC(N3CCCN(c4nccc(OC)n4)CC3)CC2)cc1. The van der Waals surface area contributed by atoms with Crippen molar-refractivity contribution < 1.29 is 9.47 Å². The standard InChI is InChI=1S/C23H33N5O2/c1-29-21-6-4-19(5-7-21)18-26-14-9-20(10-15-26)27-12-3-13-28(17-16-27)23-24-11-8-22(25-23)30-2/h4-8,11,20H,3,9-10,12-18H2,1-2H3. The van der Waals surface area contributed by atoms with Gasteiger partial charge in [0.05, 0.1) is 14.2 Å². The fourth-order valence-corrected chi connectivity index (χ4v) is 4.53. The van der Waals surface area contributed by atoms with E-state index in [1.54, 1.807) is 26.5 Å². The number of piperidine rings is 1. The largest absolute Gasteiger partial charge is 0.497 e. The molecular formula is C23H33N5O2.